The fraction of sp³-hybridized carbons (Fsp3) is 0.0556. The molecule has 23 heavy (non-hydrogen) atoms. The average molecular weight is 302 g/mol. The number of para-hydroxylation sites is 1. The van der Waals surface area contributed by atoms with Crippen molar-refractivity contribution >= 4 is 11.6 Å². The number of fused-ring (bicyclic) bond motifs is 1. The third-order valence-corrected chi connectivity index (χ3v) is 3.78. The lowest BCUT2D eigenvalue weighted by atomic mass is 10.1. The van der Waals surface area contributed by atoms with Crippen molar-refractivity contribution < 1.29 is 4.79 Å². The lowest BCUT2D eigenvalue weighted by Gasteiger charge is -2.27. The van der Waals surface area contributed by atoms with Crippen molar-refractivity contribution in [3.8, 4) is 11.4 Å². The molecule has 1 aromatic heterocycles. The standard InChI is InChI=1S/C18H14N4O/c23-18-14-8-4-5-9-15(14)21-17(22-18)13-10-19-16(20-11-13)12-6-2-1-3-7-12/h1-11,17,21H,(H,22,23)/t17-/m0/s1. The number of nitrogens with one attached hydrogen (secondary N) is 2. The monoisotopic (exact) mass is 302 g/mol. The van der Waals surface area contributed by atoms with Crippen LogP contribution in [-0.2, 0) is 0 Å². The van der Waals surface area contributed by atoms with Crippen molar-refractivity contribution in [3.05, 3.63) is 78.1 Å². The molecule has 5 nitrogen and oxygen atoms in total. The molecule has 5 heteroatoms. The Morgan fingerprint density at radius 3 is 2.30 bits per heavy atom. The molecule has 1 aliphatic rings. The van der Waals surface area contributed by atoms with E-state index in [-0.39, 0.29) is 12.1 Å². The van der Waals surface area contributed by atoms with Gasteiger partial charge in [0.1, 0.15) is 6.17 Å². The van der Waals surface area contributed by atoms with E-state index in [0.717, 1.165) is 16.8 Å². The minimum Gasteiger partial charge on any atom is -0.361 e. The van der Waals surface area contributed by atoms with E-state index in [1.807, 2.05) is 48.5 Å². The maximum Gasteiger partial charge on any atom is 0.255 e. The maximum atomic E-state index is 12.2. The van der Waals surface area contributed by atoms with Gasteiger partial charge in [-0.1, -0.05) is 42.5 Å². The summed E-state index contributed by atoms with van der Waals surface area (Å²) in [6.07, 6.45) is 3.14. The number of benzene rings is 2. The van der Waals surface area contributed by atoms with Crippen molar-refractivity contribution in [2.75, 3.05) is 5.32 Å². The van der Waals surface area contributed by atoms with Gasteiger partial charge in [0.2, 0.25) is 0 Å². The van der Waals surface area contributed by atoms with Crippen LogP contribution in [0.4, 0.5) is 5.69 Å². The number of amides is 1. The van der Waals surface area contributed by atoms with Gasteiger partial charge in [0.15, 0.2) is 5.82 Å². The number of nitrogens with zero attached hydrogens (tertiary/aromatic N) is 2. The zero-order valence-corrected chi connectivity index (χ0v) is 12.2. The normalized spacial score (nSPS) is 16.2. The Morgan fingerprint density at radius 2 is 1.52 bits per heavy atom. The molecule has 0 fully saturated rings. The minimum absolute atomic E-state index is 0.100. The van der Waals surface area contributed by atoms with Crippen LogP contribution in [-0.4, -0.2) is 15.9 Å². The first-order chi connectivity index (χ1) is 11.3. The molecular weight excluding hydrogens is 288 g/mol. The van der Waals surface area contributed by atoms with Gasteiger partial charge in [-0.2, -0.15) is 0 Å². The molecule has 1 atom stereocenters. The Labute approximate surface area is 133 Å². The molecule has 2 N–H and O–H groups in total. The van der Waals surface area contributed by atoms with Crippen LogP contribution in [0, 0.1) is 0 Å². The fourth-order valence-electron chi connectivity index (χ4n) is 2.60. The highest BCUT2D eigenvalue weighted by atomic mass is 16.2. The Bertz CT molecular complexity index is 846. The zero-order valence-electron chi connectivity index (χ0n) is 12.2. The number of carbonyl (C=O) groups is 1. The van der Waals surface area contributed by atoms with Gasteiger partial charge in [0, 0.05) is 29.2 Å². The van der Waals surface area contributed by atoms with Gasteiger partial charge in [-0.05, 0) is 12.1 Å². The largest absolute Gasteiger partial charge is 0.361 e. The summed E-state index contributed by atoms with van der Waals surface area (Å²) >= 11 is 0. The molecule has 112 valence electrons. The predicted molar refractivity (Wildman–Crippen MR) is 87.7 cm³/mol. The molecule has 2 aromatic carbocycles. The molecule has 0 saturated heterocycles. The third kappa shape index (κ3) is 2.53. The van der Waals surface area contributed by atoms with E-state index in [9.17, 15) is 4.79 Å². The van der Waals surface area contributed by atoms with Crippen molar-refractivity contribution in [2.24, 2.45) is 0 Å². The number of hydrogen-bond acceptors (Lipinski definition) is 4. The molecule has 0 spiro atoms. The second-order valence-corrected chi connectivity index (χ2v) is 5.30. The van der Waals surface area contributed by atoms with Crippen molar-refractivity contribution in [2.45, 2.75) is 6.17 Å². The molecular formula is C18H14N4O. The zero-order chi connectivity index (χ0) is 15.6. The average Bonchev–Trinajstić information content (AvgIpc) is 2.63. The van der Waals surface area contributed by atoms with E-state index in [4.69, 9.17) is 0 Å². The summed E-state index contributed by atoms with van der Waals surface area (Å²) in [5.41, 5.74) is 3.23. The van der Waals surface area contributed by atoms with Gasteiger partial charge in [-0.25, -0.2) is 9.97 Å². The van der Waals surface area contributed by atoms with Gasteiger partial charge in [-0.3, -0.25) is 4.79 Å². The molecule has 1 aliphatic heterocycles. The fourth-order valence-corrected chi connectivity index (χ4v) is 2.60. The summed E-state index contributed by atoms with van der Waals surface area (Å²) in [6, 6.07) is 17.2. The van der Waals surface area contributed by atoms with Crippen LogP contribution < -0.4 is 10.6 Å². The SMILES string of the molecule is O=C1N[C@@H](c2cnc(-c3ccccc3)nc2)Nc2ccccc21. The van der Waals surface area contributed by atoms with Gasteiger partial charge >= 0.3 is 0 Å². The summed E-state index contributed by atoms with van der Waals surface area (Å²) in [4.78, 5) is 21.0. The van der Waals surface area contributed by atoms with E-state index in [0.29, 0.717) is 11.4 Å². The van der Waals surface area contributed by atoms with Crippen LogP contribution >= 0.6 is 0 Å². The van der Waals surface area contributed by atoms with Crippen LogP contribution in [0.5, 0.6) is 0 Å². The highest BCUT2D eigenvalue weighted by Crippen LogP contribution is 2.26. The second-order valence-electron chi connectivity index (χ2n) is 5.30. The highest BCUT2D eigenvalue weighted by molar-refractivity contribution is 6.01. The smallest absolute Gasteiger partial charge is 0.255 e. The van der Waals surface area contributed by atoms with Crippen LogP contribution in [0.2, 0.25) is 0 Å². The Hall–Kier alpha value is -3.21. The van der Waals surface area contributed by atoms with Crippen LogP contribution in [0.1, 0.15) is 22.1 Å². The Kier molecular flexibility index (Phi) is 3.24. The second kappa shape index (κ2) is 5.53. The first-order valence-electron chi connectivity index (χ1n) is 7.35. The first kappa shape index (κ1) is 13.5. The molecule has 4 rings (SSSR count). The van der Waals surface area contributed by atoms with E-state index in [1.165, 1.54) is 0 Å². The molecule has 0 aliphatic carbocycles. The molecule has 1 amide bonds. The van der Waals surface area contributed by atoms with Crippen LogP contribution in [0.25, 0.3) is 11.4 Å². The molecule has 0 saturated carbocycles. The molecule has 2 heterocycles. The summed E-state index contributed by atoms with van der Waals surface area (Å²) in [5.74, 6) is 0.563. The number of rotatable bonds is 2. The van der Waals surface area contributed by atoms with Crippen molar-refractivity contribution in [1.29, 1.82) is 0 Å². The van der Waals surface area contributed by atoms with Gasteiger partial charge in [0.25, 0.3) is 5.91 Å². The van der Waals surface area contributed by atoms with Crippen LogP contribution in [0.3, 0.4) is 0 Å². The van der Waals surface area contributed by atoms with Gasteiger partial charge in [0.05, 0.1) is 5.56 Å². The maximum absolute atomic E-state index is 12.2. The van der Waals surface area contributed by atoms with Crippen LogP contribution in [0.15, 0.2) is 67.0 Å². The predicted octanol–water partition coefficient (Wildman–Crippen LogP) is 3.00. The minimum atomic E-state index is -0.331. The lowest BCUT2D eigenvalue weighted by molar-refractivity contribution is 0.0935. The molecule has 0 radical (unpaired) electrons. The highest BCUT2D eigenvalue weighted by Gasteiger charge is 2.24. The molecule has 0 bridgehead atoms. The summed E-state index contributed by atoms with van der Waals surface area (Å²) in [5, 5.41) is 6.21. The summed E-state index contributed by atoms with van der Waals surface area (Å²) < 4.78 is 0. The van der Waals surface area contributed by atoms with Gasteiger partial charge < -0.3 is 10.6 Å². The first-order valence-corrected chi connectivity index (χ1v) is 7.35. The quantitative estimate of drug-likeness (QED) is 0.763. The van der Waals surface area contributed by atoms with E-state index < -0.39 is 0 Å². The summed E-state index contributed by atoms with van der Waals surface area (Å²) in [6.45, 7) is 0. The number of anilines is 1. The number of carbonyl (C=O) groups excluding carboxylic acids is 1. The Morgan fingerprint density at radius 1 is 0.826 bits per heavy atom. The van der Waals surface area contributed by atoms with Crippen molar-refractivity contribution in [1.82, 2.24) is 15.3 Å². The molecule has 0 unspecified atom stereocenters. The topological polar surface area (TPSA) is 66.9 Å². The Balaban J connectivity index is 1.61. The van der Waals surface area contributed by atoms with E-state index in [1.54, 1.807) is 18.5 Å². The van der Waals surface area contributed by atoms with E-state index >= 15 is 0 Å². The van der Waals surface area contributed by atoms with E-state index in [2.05, 4.69) is 20.6 Å². The number of hydrogen-bond donors (Lipinski definition) is 2. The van der Waals surface area contributed by atoms with Crippen molar-refractivity contribution in [3.63, 3.8) is 0 Å². The molecule has 3 aromatic rings. The number of aromatic nitrogens is 2. The lowest BCUT2D eigenvalue weighted by Crippen LogP contribution is -2.38. The van der Waals surface area contributed by atoms with Gasteiger partial charge in [-0.15, -0.1) is 0 Å². The summed E-state index contributed by atoms with van der Waals surface area (Å²) in [7, 11) is 0. The third-order valence-electron chi connectivity index (χ3n) is 3.78.